The first-order valence-corrected chi connectivity index (χ1v) is 8.74. The molecule has 27 heavy (non-hydrogen) atoms. The molecule has 1 atom stereocenters. The summed E-state index contributed by atoms with van der Waals surface area (Å²) in [5.41, 5.74) is 0.763. The molecule has 0 saturated heterocycles. The van der Waals surface area contributed by atoms with E-state index < -0.39 is 23.7 Å². The molecule has 1 rings (SSSR count). The average Bonchev–Trinajstić information content (AvgIpc) is 2.59. The topological polar surface area (TPSA) is 93.7 Å². The number of nitrogens with one attached hydrogen (secondary N) is 2. The Morgan fingerprint density at radius 3 is 2.56 bits per heavy atom. The van der Waals surface area contributed by atoms with Crippen molar-refractivity contribution in [1.82, 2.24) is 10.6 Å². The van der Waals surface area contributed by atoms with Crippen molar-refractivity contribution in [3.8, 4) is 0 Å². The molecule has 7 heteroatoms. The lowest BCUT2D eigenvalue weighted by atomic mass is 10.0. The number of methoxy groups -OCH3 is 1. The minimum Gasteiger partial charge on any atom is -0.465 e. The van der Waals surface area contributed by atoms with E-state index in [1.165, 1.54) is 13.3 Å². The molecule has 0 aliphatic heterocycles. The van der Waals surface area contributed by atoms with Gasteiger partial charge in [0.1, 0.15) is 11.6 Å². The number of carbonyl (C=O) groups is 3. The fraction of sp³-hybridized carbons (Fsp3) is 0.450. The molecule has 0 fully saturated rings. The predicted molar refractivity (Wildman–Crippen MR) is 102 cm³/mol. The maximum Gasteiger partial charge on any atom is 0.408 e. The van der Waals surface area contributed by atoms with Crippen molar-refractivity contribution < 1.29 is 23.9 Å². The second-order valence-electron chi connectivity index (χ2n) is 7.00. The number of benzene rings is 1. The molecule has 0 aliphatic carbocycles. The van der Waals surface area contributed by atoms with Crippen molar-refractivity contribution in [2.45, 2.75) is 51.7 Å². The fourth-order valence-electron chi connectivity index (χ4n) is 2.40. The van der Waals surface area contributed by atoms with Crippen LogP contribution < -0.4 is 10.6 Å². The molecule has 2 amide bonds. The Kier molecular flexibility index (Phi) is 8.51. The van der Waals surface area contributed by atoms with Crippen LogP contribution >= 0.6 is 0 Å². The van der Waals surface area contributed by atoms with Gasteiger partial charge in [-0.05, 0) is 63.9 Å². The Hall–Kier alpha value is -2.83. The summed E-state index contributed by atoms with van der Waals surface area (Å²) in [4.78, 5) is 35.7. The first kappa shape index (κ1) is 22.2. The Morgan fingerprint density at radius 2 is 1.96 bits per heavy atom. The van der Waals surface area contributed by atoms with Gasteiger partial charge in [-0.2, -0.15) is 0 Å². The van der Waals surface area contributed by atoms with Crippen molar-refractivity contribution in [2.75, 3.05) is 7.11 Å². The van der Waals surface area contributed by atoms with Crippen LogP contribution in [0.2, 0.25) is 0 Å². The minimum absolute atomic E-state index is 0.362. The monoisotopic (exact) mass is 376 g/mol. The Labute approximate surface area is 160 Å². The standard InChI is InChI=1S/C20H28N2O5/c1-6-21-17(23)16(22-19(25)27-20(2,3)4)12-8-10-14-9-7-11-15(13-14)18(24)26-5/h6-7,9,11,13,16H,1,8,10,12H2,2-5H3,(H,21,23)(H,22,25)/t16-/m0/s1. The summed E-state index contributed by atoms with van der Waals surface area (Å²) in [6.07, 6.45) is 2.28. The lowest BCUT2D eigenvalue weighted by Crippen LogP contribution is -2.47. The number of esters is 1. The molecule has 1 aromatic rings. The highest BCUT2D eigenvalue weighted by molar-refractivity contribution is 5.89. The quantitative estimate of drug-likeness (QED) is 0.681. The third kappa shape index (κ3) is 8.40. The van der Waals surface area contributed by atoms with Crippen LogP contribution in [0.15, 0.2) is 37.0 Å². The molecule has 0 saturated carbocycles. The number of amides is 2. The third-order valence-electron chi connectivity index (χ3n) is 3.56. The van der Waals surface area contributed by atoms with Crippen molar-refractivity contribution in [2.24, 2.45) is 0 Å². The number of carbonyl (C=O) groups excluding carboxylic acids is 3. The van der Waals surface area contributed by atoms with Gasteiger partial charge in [0.2, 0.25) is 5.91 Å². The largest absolute Gasteiger partial charge is 0.465 e. The van der Waals surface area contributed by atoms with Crippen LogP contribution in [0.25, 0.3) is 0 Å². The van der Waals surface area contributed by atoms with Crippen LogP contribution in [0.5, 0.6) is 0 Å². The van der Waals surface area contributed by atoms with Crippen LogP contribution in [0, 0.1) is 0 Å². The normalized spacial score (nSPS) is 11.9. The van der Waals surface area contributed by atoms with Gasteiger partial charge in [-0.3, -0.25) is 4.79 Å². The van der Waals surface area contributed by atoms with Crippen molar-refractivity contribution in [1.29, 1.82) is 0 Å². The maximum atomic E-state index is 12.2. The zero-order chi connectivity index (χ0) is 20.4. The SMILES string of the molecule is C=CNC(=O)[C@H](CCCc1cccc(C(=O)OC)c1)NC(=O)OC(C)(C)C. The van der Waals surface area contributed by atoms with Crippen LogP contribution in [0.1, 0.15) is 49.5 Å². The molecule has 0 spiro atoms. The van der Waals surface area contributed by atoms with Crippen molar-refractivity contribution in [3.05, 3.63) is 48.2 Å². The molecule has 0 bridgehead atoms. The van der Waals surface area contributed by atoms with Gasteiger partial charge in [-0.25, -0.2) is 9.59 Å². The van der Waals surface area contributed by atoms with Gasteiger partial charge < -0.3 is 20.1 Å². The molecular formula is C20H28N2O5. The zero-order valence-corrected chi connectivity index (χ0v) is 16.3. The van der Waals surface area contributed by atoms with E-state index in [1.807, 2.05) is 6.07 Å². The van der Waals surface area contributed by atoms with E-state index in [9.17, 15) is 14.4 Å². The molecule has 0 radical (unpaired) electrons. The summed E-state index contributed by atoms with van der Waals surface area (Å²) in [5.74, 6) is -0.758. The lowest BCUT2D eigenvalue weighted by Gasteiger charge is -2.23. The number of aryl methyl sites for hydroxylation is 1. The van der Waals surface area contributed by atoms with E-state index in [4.69, 9.17) is 9.47 Å². The molecule has 148 valence electrons. The first-order valence-electron chi connectivity index (χ1n) is 8.74. The van der Waals surface area contributed by atoms with Gasteiger partial charge in [0.15, 0.2) is 0 Å². The van der Waals surface area contributed by atoms with Gasteiger partial charge in [-0.1, -0.05) is 18.7 Å². The van der Waals surface area contributed by atoms with Crippen LogP contribution in [-0.4, -0.2) is 36.7 Å². The summed E-state index contributed by atoms with van der Waals surface area (Å²) >= 11 is 0. The summed E-state index contributed by atoms with van der Waals surface area (Å²) in [6, 6.07) is 6.36. The predicted octanol–water partition coefficient (Wildman–Crippen LogP) is 2.95. The van der Waals surface area contributed by atoms with Crippen molar-refractivity contribution >= 4 is 18.0 Å². The summed E-state index contributed by atoms with van der Waals surface area (Å²) in [6.45, 7) is 8.71. The van der Waals surface area contributed by atoms with E-state index in [-0.39, 0.29) is 5.91 Å². The molecular weight excluding hydrogens is 348 g/mol. The molecule has 2 N–H and O–H groups in total. The van der Waals surface area contributed by atoms with E-state index in [0.29, 0.717) is 24.8 Å². The lowest BCUT2D eigenvalue weighted by molar-refractivity contribution is -0.122. The number of hydrogen-bond donors (Lipinski definition) is 2. The molecule has 0 heterocycles. The van der Waals surface area contributed by atoms with Crippen molar-refractivity contribution in [3.63, 3.8) is 0 Å². The Morgan fingerprint density at radius 1 is 1.26 bits per heavy atom. The number of ether oxygens (including phenoxy) is 2. The molecule has 0 aromatic heterocycles. The van der Waals surface area contributed by atoms with Crippen LogP contribution in [-0.2, 0) is 20.7 Å². The summed E-state index contributed by atoms with van der Waals surface area (Å²) in [7, 11) is 1.33. The summed E-state index contributed by atoms with van der Waals surface area (Å²) < 4.78 is 9.92. The van der Waals surface area contributed by atoms with E-state index in [2.05, 4.69) is 17.2 Å². The number of hydrogen-bond acceptors (Lipinski definition) is 5. The summed E-state index contributed by atoms with van der Waals surface area (Å²) in [5, 5.41) is 5.08. The maximum absolute atomic E-state index is 12.2. The van der Waals surface area contributed by atoms with E-state index >= 15 is 0 Å². The Bertz CT molecular complexity index is 679. The number of alkyl carbamates (subject to hydrolysis) is 1. The molecule has 7 nitrogen and oxygen atoms in total. The average molecular weight is 376 g/mol. The van der Waals surface area contributed by atoms with Crippen LogP contribution in [0.4, 0.5) is 4.79 Å². The highest BCUT2D eigenvalue weighted by Crippen LogP contribution is 2.12. The fourth-order valence-corrected chi connectivity index (χ4v) is 2.40. The second kappa shape index (κ2) is 10.4. The third-order valence-corrected chi connectivity index (χ3v) is 3.56. The van der Waals surface area contributed by atoms with Gasteiger partial charge in [-0.15, -0.1) is 0 Å². The van der Waals surface area contributed by atoms with Crippen LogP contribution in [0.3, 0.4) is 0 Å². The van der Waals surface area contributed by atoms with Gasteiger partial charge >= 0.3 is 12.1 Å². The van der Waals surface area contributed by atoms with Gasteiger partial charge in [0.05, 0.1) is 12.7 Å². The molecule has 0 unspecified atom stereocenters. The van der Waals surface area contributed by atoms with Gasteiger partial charge in [0.25, 0.3) is 0 Å². The van der Waals surface area contributed by atoms with Gasteiger partial charge in [0, 0.05) is 0 Å². The molecule has 0 aliphatic rings. The highest BCUT2D eigenvalue weighted by atomic mass is 16.6. The second-order valence-corrected chi connectivity index (χ2v) is 7.00. The number of rotatable bonds is 8. The minimum atomic E-state index is -0.748. The first-order chi connectivity index (χ1) is 12.7. The zero-order valence-electron chi connectivity index (χ0n) is 16.3. The highest BCUT2D eigenvalue weighted by Gasteiger charge is 2.23. The smallest absolute Gasteiger partial charge is 0.408 e. The molecule has 1 aromatic carbocycles. The Balaban J connectivity index is 2.68. The van der Waals surface area contributed by atoms with E-state index in [1.54, 1.807) is 39.0 Å². The van der Waals surface area contributed by atoms with E-state index in [0.717, 1.165) is 5.56 Å².